The Hall–Kier alpha value is -3.86. The van der Waals surface area contributed by atoms with Gasteiger partial charge in [-0.05, 0) is 85.6 Å². The van der Waals surface area contributed by atoms with Crippen LogP contribution in [-0.4, -0.2) is 28.8 Å². The molecular weight excluding hydrogens is 558 g/mol. The number of carbonyl (C=O) groups is 1. The van der Waals surface area contributed by atoms with Gasteiger partial charge in [0, 0.05) is 22.3 Å². The molecule has 39 heavy (non-hydrogen) atoms. The number of benzene rings is 4. The highest BCUT2D eigenvalue weighted by Gasteiger charge is 2.36. The third kappa shape index (κ3) is 5.49. The Balaban J connectivity index is 1.32. The van der Waals surface area contributed by atoms with E-state index < -0.39 is 26.0 Å². The van der Waals surface area contributed by atoms with Gasteiger partial charge < -0.3 is 5.32 Å². The molecule has 0 aliphatic carbocycles. The van der Waals surface area contributed by atoms with Gasteiger partial charge in [0.1, 0.15) is 0 Å². The number of anilines is 3. The van der Waals surface area contributed by atoms with E-state index in [9.17, 15) is 21.6 Å². The summed E-state index contributed by atoms with van der Waals surface area (Å²) in [5, 5.41) is 3.08. The number of para-hydroxylation sites is 1. The maximum Gasteiger partial charge on any atom is 0.264 e. The molecule has 0 saturated heterocycles. The summed E-state index contributed by atoms with van der Waals surface area (Å²) < 4.78 is 56.4. The normalized spacial score (nSPS) is 15.0. The molecule has 0 radical (unpaired) electrons. The van der Waals surface area contributed by atoms with Crippen molar-refractivity contribution < 1.29 is 21.6 Å². The maximum absolute atomic E-state index is 13.5. The van der Waals surface area contributed by atoms with E-state index in [4.69, 9.17) is 11.6 Å². The minimum absolute atomic E-state index is 0.00594. The Labute approximate surface area is 232 Å². The summed E-state index contributed by atoms with van der Waals surface area (Å²) in [6.45, 7) is 1.85. The van der Waals surface area contributed by atoms with Crippen LogP contribution in [0.25, 0.3) is 0 Å². The molecule has 0 aromatic heterocycles. The summed E-state index contributed by atoms with van der Waals surface area (Å²) in [5.41, 5.74) is 2.41. The number of amides is 1. The molecule has 1 amide bonds. The summed E-state index contributed by atoms with van der Waals surface area (Å²) in [5.74, 6) is -0.533. The number of nitrogens with zero attached hydrogens (tertiary/aromatic N) is 1. The number of hydrogen-bond donors (Lipinski definition) is 2. The van der Waals surface area contributed by atoms with E-state index >= 15 is 0 Å². The van der Waals surface area contributed by atoms with Crippen LogP contribution >= 0.6 is 11.6 Å². The first-order valence-corrected chi connectivity index (χ1v) is 15.3. The lowest BCUT2D eigenvalue weighted by molar-refractivity contribution is 0.102. The fourth-order valence-electron chi connectivity index (χ4n) is 4.50. The van der Waals surface area contributed by atoms with Crippen molar-refractivity contribution in [1.82, 2.24) is 0 Å². The van der Waals surface area contributed by atoms with E-state index in [0.717, 1.165) is 5.56 Å². The van der Waals surface area contributed by atoms with Gasteiger partial charge >= 0.3 is 0 Å². The second-order valence-electron chi connectivity index (χ2n) is 9.10. The van der Waals surface area contributed by atoms with Crippen LogP contribution in [0.5, 0.6) is 0 Å². The van der Waals surface area contributed by atoms with Gasteiger partial charge in [-0.1, -0.05) is 41.9 Å². The van der Waals surface area contributed by atoms with Crippen molar-refractivity contribution in [3.63, 3.8) is 0 Å². The van der Waals surface area contributed by atoms with Gasteiger partial charge in [-0.15, -0.1) is 0 Å². The Kier molecular flexibility index (Phi) is 7.11. The first-order chi connectivity index (χ1) is 18.5. The molecule has 1 heterocycles. The van der Waals surface area contributed by atoms with E-state index in [-0.39, 0.29) is 21.4 Å². The smallest absolute Gasteiger partial charge is 0.264 e. The van der Waals surface area contributed by atoms with Gasteiger partial charge in [0.2, 0.25) is 0 Å². The highest BCUT2D eigenvalue weighted by atomic mass is 35.5. The molecule has 4 aromatic carbocycles. The highest BCUT2D eigenvalue weighted by Crippen LogP contribution is 2.36. The predicted octanol–water partition coefficient (Wildman–Crippen LogP) is 5.53. The number of fused-ring (bicyclic) bond motifs is 1. The molecule has 8 nitrogen and oxygen atoms in total. The minimum atomic E-state index is -3.91. The molecule has 1 aliphatic rings. The van der Waals surface area contributed by atoms with Crippen LogP contribution in [0.3, 0.4) is 0 Å². The molecule has 0 saturated carbocycles. The molecule has 0 spiro atoms. The molecule has 1 unspecified atom stereocenters. The Bertz CT molecular complexity index is 1780. The monoisotopic (exact) mass is 581 g/mol. The van der Waals surface area contributed by atoms with E-state index in [0.29, 0.717) is 28.5 Å². The predicted molar refractivity (Wildman–Crippen MR) is 152 cm³/mol. The standard InChI is InChI=1S/C28H24ClN3O5S2/c1-19-16-20-6-2-3-11-27(20)32(19)39(36,37)26-10-4-7-21(17-26)28(33)30-23-12-14-25(15-13-23)38(34,35)31-24-9-5-8-22(29)18-24/h2-15,17-19,31H,16H2,1H3,(H,30,33). The Morgan fingerprint density at radius 3 is 2.28 bits per heavy atom. The number of hydrogen-bond acceptors (Lipinski definition) is 5. The number of rotatable bonds is 7. The molecular formula is C28H24ClN3O5S2. The third-order valence-corrected chi connectivity index (χ3v) is 9.85. The summed E-state index contributed by atoms with van der Waals surface area (Å²) in [6, 6.07) is 24.9. The van der Waals surface area contributed by atoms with Gasteiger partial charge in [0.15, 0.2) is 0 Å². The van der Waals surface area contributed by atoms with E-state index in [1.807, 2.05) is 19.1 Å². The van der Waals surface area contributed by atoms with Gasteiger partial charge in [0.05, 0.1) is 21.2 Å². The lowest BCUT2D eigenvalue weighted by atomic mass is 10.1. The fraction of sp³-hybridized carbons (Fsp3) is 0.107. The first-order valence-electron chi connectivity index (χ1n) is 12.0. The van der Waals surface area contributed by atoms with Crippen molar-refractivity contribution in [3.8, 4) is 0 Å². The van der Waals surface area contributed by atoms with Crippen molar-refractivity contribution in [2.45, 2.75) is 29.2 Å². The van der Waals surface area contributed by atoms with Crippen LogP contribution in [0.2, 0.25) is 5.02 Å². The molecule has 1 atom stereocenters. The summed E-state index contributed by atoms with van der Waals surface area (Å²) in [4.78, 5) is 13.0. The Morgan fingerprint density at radius 2 is 1.54 bits per heavy atom. The number of sulfonamides is 2. The zero-order valence-corrected chi connectivity index (χ0v) is 23.1. The van der Waals surface area contributed by atoms with Crippen LogP contribution in [-0.2, 0) is 26.5 Å². The molecule has 4 aromatic rings. The second-order valence-corrected chi connectivity index (χ2v) is 13.0. The molecule has 1 aliphatic heterocycles. The highest BCUT2D eigenvalue weighted by molar-refractivity contribution is 7.93. The SMILES string of the molecule is CC1Cc2ccccc2N1S(=O)(=O)c1cccc(C(=O)Nc2ccc(S(=O)(=O)Nc3cccc(Cl)c3)cc2)c1. The lowest BCUT2D eigenvalue weighted by Gasteiger charge is -2.24. The molecule has 2 N–H and O–H groups in total. The number of halogens is 1. The van der Waals surface area contributed by atoms with Gasteiger partial charge in [-0.3, -0.25) is 13.8 Å². The van der Waals surface area contributed by atoms with Crippen LogP contribution in [0, 0.1) is 0 Å². The van der Waals surface area contributed by atoms with Gasteiger partial charge in [0.25, 0.3) is 26.0 Å². The average molecular weight is 582 g/mol. The van der Waals surface area contributed by atoms with Crippen molar-refractivity contribution >= 4 is 54.6 Å². The van der Waals surface area contributed by atoms with Crippen LogP contribution in [0.4, 0.5) is 17.1 Å². The largest absolute Gasteiger partial charge is 0.322 e. The average Bonchev–Trinajstić information content (AvgIpc) is 3.25. The summed E-state index contributed by atoms with van der Waals surface area (Å²) >= 11 is 5.92. The zero-order chi connectivity index (χ0) is 27.8. The van der Waals surface area contributed by atoms with Crippen LogP contribution in [0.15, 0.2) is 107 Å². The van der Waals surface area contributed by atoms with E-state index in [1.54, 1.807) is 30.3 Å². The number of nitrogens with one attached hydrogen (secondary N) is 2. The lowest BCUT2D eigenvalue weighted by Crippen LogP contribution is -2.35. The van der Waals surface area contributed by atoms with Crippen molar-refractivity contribution in [1.29, 1.82) is 0 Å². The van der Waals surface area contributed by atoms with E-state index in [2.05, 4.69) is 10.0 Å². The van der Waals surface area contributed by atoms with Crippen LogP contribution in [0.1, 0.15) is 22.8 Å². The van der Waals surface area contributed by atoms with Gasteiger partial charge in [-0.25, -0.2) is 16.8 Å². The first kappa shape index (κ1) is 26.7. The third-order valence-electron chi connectivity index (χ3n) is 6.30. The summed E-state index contributed by atoms with van der Waals surface area (Å²) in [7, 11) is -7.79. The maximum atomic E-state index is 13.5. The van der Waals surface area contributed by atoms with Crippen molar-refractivity contribution in [2.24, 2.45) is 0 Å². The molecule has 0 fully saturated rings. The Morgan fingerprint density at radius 1 is 0.821 bits per heavy atom. The second kappa shape index (κ2) is 10.4. The topological polar surface area (TPSA) is 113 Å². The van der Waals surface area contributed by atoms with Gasteiger partial charge in [-0.2, -0.15) is 0 Å². The molecule has 200 valence electrons. The minimum Gasteiger partial charge on any atom is -0.322 e. The van der Waals surface area contributed by atoms with Crippen molar-refractivity contribution in [3.05, 3.63) is 113 Å². The van der Waals surface area contributed by atoms with E-state index in [1.165, 1.54) is 58.9 Å². The number of carbonyl (C=O) groups excluding carboxylic acids is 1. The molecule has 11 heteroatoms. The quantitative estimate of drug-likeness (QED) is 0.298. The van der Waals surface area contributed by atoms with Crippen molar-refractivity contribution in [2.75, 3.05) is 14.3 Å². The summed E-state index contributed by atoms with van der Waals surface area (Å²) in [6.07, 6.45) is 0.607. The molecule has 0 bridgehead atoms. The fourth-order valence-corrected chi connectivity index (χ4v) is 7.48. The zero-order valence-electron chi connectivity index (χ0n) is 20.7. The molecule has 5 rings (SSSR count). The van der Waals surface area contributed by atoms with Crippen LogP contribution < -0.4 is 14.3 Å².